The van der Waals surface area contributed by atoms with E-state index in [2.05, 4.69) is 32.6 Å². The quantitative estimate of drug-likeness (QED) is 0.730. The lowest BCUT2D eigenvalue weighted by Crippen LogP contribution is -2.40. The minimum atomic E-state index is -0.00989. The maximum Gasteiger partial charge on any atom is 0.162 e. The lowest BCUT2D eigenvalue weighted by Gasteiger charge is -2.35. The third-order valence-corrected chi connectivity index (χ3v) is 2.17. The number of fused-ring (bicyclic) bond motifs is 1. The summed E-state index contributed by atoms with van der Waals surface area (Å²) in [4.78, 5) is 5.74. The maximum atomic E-state index is 5.74. The monoisotopic (exact) mass is 220 g/mol. The van der Waals surface area contributed by atoms with E-state index in [1.165, 1.54) is 7.05 Å². The van der Waals surface area contributed by atoms with Crippen molar-refractivity contribution < 1.29 is 4.84 Å². The predicted octanol–water partition coefficient (Wildman–Crippen LogP) is 2.64. The summed E-state index contributed by atoms with van der Waals surface area (Å²) in [5.41, 5.74) is 5.62. The first-order valence-corrected chi connectivity index (χ1v) is 5.40. The Balaban J connectivity index is 0.000000606. The van der Waals surface area contributed by atoms with Crippen molar-refractivity contribution in [1.29, 1.82) is 0 Å². The molecule has 16 heavy (non-hydrogen) atoms. The Hall–Kier alpha value is -1.48. The van der Waals surface area contributed by atoms with Gasteiger partial charge in [0.25, 0.3) is 0 Å². The van der Waals surface area contributed by atoms with Gasteiger partial charge in [0, 0.05) is 11.8 Å². The van der Waals surface area contributed by atoms with Crippen molar-refractivity contribution >= 4 is 6.08 Å². The molecule has 0 amide bonds. The van der Waals surface area contributed by atoms with E-state index in [-0.39, 0.29) is 5.54 Å². The Morgan fingerprint density at radius 1 is 1.12 bits per heavy atom. The largest absolute Gasteiger partial charge is 0.379 e. The second-order valence-electron chi connectivity index (χ2n) is 4.44. The highest BCUT2D eigenvalue weighted by molar-refractivity contribution is 5.58. The molecule has 0 aliphatic carbocycles. The van der Waals surface area contributed by atoms with E-state index in [0.29, 0.717) is 0 Å². The number of hydroxylamine groups is 2. The van der Waals surface area contributed by atoms with Gasteiger partial charge < -0.3 is 10.6 Å². The molecule has 2 rings (SSSR count). The molecule has 1 aromatic carbocycles. The molecule has 0 saturated carbocycles. The van der Waals surface area contributed by atoms with Crippen molar-refractivity contribution in [3.63, 3.8) is 0 Å². The molecular formula is C13H20N2O. The molecule has 88 valence electrons. The normalized spacial score (nSPS) is 13.4. The molecule has 1 aliphatic heterocycles. The molecular weight excluding hydrogens is 200 g/mol. The Kier molecular flexibility index (Phi) is 3.96. The average molecular weight is 220 g/mol. The van der Waals surface area contributed by atoms with Crippen LogP contribution >= 0.6 is 0 Å². The van der Waals surface area contributed by atoms with Gasteiger partial charge in [-0.25, -0.2) is 5.06 Å². The van der Waals surface area contributed by atoms with Crippen LogP contribution in [0, 0.1) is 0 Å². The van der Waals surface area contributed by atoms with Gasteiger partial charge in [0.15, 0.2) is 5.75 Å². The summed E-state index contributed by atoms with van der Waals surface area (Å²) in [6, 6.07) is 8.03. The summed E-state index contributed by atoms with van der Waals surface area (Å²) < 4.78 is 0. The molecule has 2 N–H and O–H groups in total. The van der Waals surface area contributed by atoms with Gasteiger partial charge in [-0.1, -0.05) is 18.2 Å². The Labute approximate surface area is 97.5 Å². The van der Waals surface area contributed by atoms with E-state index in [4.69, 9.17) is 4.84 Å². The highest BCUT2D eigenvalue weighted by Crippen LogP contribution is 2.28. The number of para-hydroxylation sites is 1. The number of rotatable bonds is 0. The average Bonchev–Trinajstić information content (AvgIpc) is 2.30. The van der Waals surface area contributed by atoms with Crippen LogP contribution in [0.1, 0.15) is 26.3 Å². The first kappa shape index (κ1) is 12.6. The summed E-state index contributed by atoms with van der Waals surface area (Å²) in [6.45, 7) is 6.35. The fraction of sp³-hybridized carbons (Fsp3) is 0.385. The second-order valence-corrected chi connectivity index (χ2v) is 4.44. The molecule has 0 spiro atoms. The molecule has 0 bridgehead atoms. The number of hydrogen-bond donors (Lipinski definition) is 1. The van der Waals surface area contributed by atoms with Crippen LogP contribution in [0.25, 0.3) is 6.08 Å². The smallest absolute Gasteiger partial charge is 0.162 e. The molecule has 0 saturated heterocycles. The third kappa shape index (κ3) is 2.76. The van der Waals surface area contributed by atoms with Crippen LogP contribution < -0.4 is 10.6 Å². The lowest BCUT2D eigenvalue weighted by molar-refractivity contribution is -0.0811. The molecule has 0 unspecified atom stereocenters. The van der Waals surface area contributed by atoms with Crippen LogP contribution in [-0.4, -0.2) is 17.6 Å². The minimum Gasteiger partial charge on any atom is -0.379 e. The van der Waals surface area contributed by atoms with E-state index < -0.39 is 0 Å². The summed E-state index contributed by atoms with van der Waals surface area (Å²) in [5, 5.41) is 1.87. The van der Waals surface area contributed by atoms with Crippen LogP contribution in [0.15, 0.2) is 30.5 Å². The van der Waals surface area contributed by atoms with E-state index >= 15 is 0 Å². The molecule has 0 fully saturated rings. The van der Waals surface area contributed by atoms with Gasteiger partial charge in [0.05, 0.1) is 5.54 Å². The first-order chi connectivity index (χ1) is 7.57. The zero-order valence-corrected chi connectivity index (χ0v) is 10.4. The van der Waals surface area contributed by atoms with Gasteiger partial charge in [0.1, 0.15) is 0 Å². The van der Waals surface area contributed by atoms with Crippen molar-refractivity contribution in [3.05, 3.63) is 36.0 Å². The Morgan fingerprint density at radius 3 is 2.38 bits per heavy atom. The third-order valence-electron chi connectivity index (χ3n) is 2.17. The number of benzene rings is 1. The van der Waals surface area contributed by atoms with Crippen molar-refractivity contribution in [2.24, 2.45) is 5.73 Å². The fourth-order valence-corrected chi connectivity index (χ4v) is 1.35. The molecule has 0 radical (unpaired) electrons. The van der Waals surface area contributed by atoms with Crippen LogP contribution in [0.2, 0.25) is 0 Å². The summed E-state index contributed by atoms with van der Waals surface area (Å²) in [6.07, 6.45) is 4.05. The highest BCUT2D eigenvalue weighted by Gasteiger charge is 2.23. The zero-order valence-electron chi connectivity index (χ0n) is 10.4. The molecule has 1 aromatic rings. The number of hydrogen-bond acceptors (Lipinski definition) is 3. The van der Waals surface area contributed by atoms with Gasteiger partial charge in [-0.05, 0) is 40.0 Å². The lowest BCUT2D eigenvalue weighted by atomic mass is 10.1. The van der Waals surface area contributed by atoms with Crippen molar-refractivity contribution in [2.45, 2.75) is 26.3 Å². The molecule has 3 nitrogen and oxygen atoms in total. The SMILES string of the molecule is CC(C)(C)N1C=Cc2ccccc2O1.CN. The second kappa shape index (κ2) is 5.03. The first-order valence-electron chi connectivity index (χ1n) is 5.40. The van der Waals surface area contributed by atoms with Crippen LogP contribution in [0.3, 0.4) is 0 Å². The Morgan fingerprint density at radius 2 is 1.75 bits per heavy atom. The van der Waals surface area contributed by atoms with Gasteiger partial charge >= 0.3 is 0 Å². The van der Waals surface area contributed by atoms with Crippen molar-refractivity contribution in [2.75, 3.05) is 7.05 Å². The highest BCUT2D eigenvalue weighted by atomic mass is 16.7. The topological polar surface area (TPSA) is 38.5 Å². The molecule has 0 atom stereocenters. The summed E-state index contributed by atoms with van der Waals surface area (Å²) in [5.74, 6) is 0.921. The van der Waals surface area contributed by atoms with E-state index in [1.807, 2.05) is 35.5 Å². The standard InChI is InChI=1S/C12H15NO.CH5N/c1-12(2,3)13-9-8-10-6-4-5-7-11(10)14-13;1-2/h4-9H,1-3H3;2H2,1H3. The van der Waals surface area contributed by atoms with Crippen molar-refractivity contribution in [1.82, 2.24) is 5.06 Å². The van der Waals surface area contributed by atoms with E-state index in [0.717, 1.165) is 11.3 Å². The minimum absolute atomic E-state index is 0.00989. The molecule has 1 aliphatic rings. The van der Waals surface area contributed by atoms with Gasteiger partial charge in [-0.15, -0.1) is 0 Å². The van der Waals surface area contributed by atoms with Gasteiger partial charge in [-0.2, -0.15) is 0 Å². The van der Waals surface area contributed by atoms with E-state index in [9.17, 15) is 0 Å². The molecule has 3 heteroatoms. The van der Waals surface area contributed by atoms with Crippen LogP contribution in [-0.2, 0) is 0 Å². The van der Waals surface area contributed by atoms with Gasteiger partial charge in [-0.3, -0.25) is 0 Å². The summed E-state index contributed by atoms with van der Waals surface area (Å²) >= 11 is 0. The maximum absolute atomic E-state index is 5.74. The predicted molar refractivity (Wildman–Crippen MR) is 67.8 cm³/mol. The van der Waals surface area contributed by atoms with Crippen LogP contribution in [0.4, 0.5) is 0 Å². The van der Waals surface area contributed by atoms with Crippen LogP contribution in [0.5, 0.6) is 5.75 Å². The molecule has 0 aromatic heterocycles. The number of nitrogens with two attached hydrogens (primary N) is 1. The Bertz CT molecular complexity index is 366. The van der Waals surface area contributed by atoms with Crippen molar-refractivity contribution in [3.8, 4) is 5.75 Å². The fourth-order valence-electron chi connectivity index (χ4n) is 1.35. The zero-order chi connectivity index (χ0) is 12.2. The van der Waals surface area contributed by atoms with E-state index in [1.54, 1.807) is 0 Å². The summed E-state index contributed by atoms with van der Waals surface area (Å²) in [7, 11) is 1.50. The molecule has 1 heterocycles. The van der Waals surface area contributed by atoms with Gasteiger partial charge in [0.2, 0.25) is 0 Å². The number of nitrogens with zero attached hydrogens (tertiary/aromatic N) is 1.